The lowest BCUT2D eigenvalue weighted by Gasteiger charge is -2.18. The van der Waals surface area contributed by atoms with E-state index in [4.69, 9.17) is 29.4 Å². The van der Waals surface area contributed by atoms with Crippen LogP contribution in [0.5, 0.6) is 17.2 Å². The Morgan fingerprint density at radius 3 is 2.32 bits per heavy atom. The third-order valence-corrected chi connectivity index (χ3v) is 8.23. The highest BCUT2D eigenvalue weighted by atomic mass is 79.9. The Labute approximate surface area is 281 Å². The summed E-state index contributed by atoms with van der Waals surface area (Å²) in [6, 6.07) is 21.3. The van der Waals surface area contributed by atoms with Crippen molar-refractivity contribution in [2.45, 2.75) is 47.1 Å². The van der Waals surface area contributed by atoms with Crippen LogP contribution in [0.1, 0.15) is 66.2 Å². The van der Waals surface area contributed by atoms with Crippen molar-refractivity contribution in [1.29, 1.82) is 0 Å². The molecular formula is C37H36BrN3O6. The Hall–Kier alpha value is -4.96. The third-order valence-electron chi connectivity index (χ3n) is 7.54. The van der Waals surface area contributed by atoms with Gasteiger partial charge in [-0.3, -0.25) is 4.79 Å². The number of fused-ring (bicyclic) bond motifs is 1. The first-order valence-corrected chi connectivity index (χ1v) is 16.2. The number of aromatic nitrogens is 2. The van der Waals surface area contributed by atoms with Crippen LogP contribution in [0.25, 0.3) is 22.3 Å². The predicted octanol–water partition coefficient (Wildman–Crippen LogP) is 8.21. The summed E-state index contributed by atoms with van der Waals surface area (Å²) in [5.41, 5.74) is 4.66. The lowest BCUT2D eigenvalue weighted by atomic mass is 9.96. The van der Waals surface area contributed by atoms with Crippen molar-refractivity contribution in [3.8, 4) is 28.6 Å². The largest absolute Gasteiger partial charge is 0.494 e. The maximum atomic E-state index is 13.9. The van der Waals surface area contributed by atoms with Crippen LogP contribution >= 0.6 is 15.9 Å². The fraction of sp³-hybridized carbons (Fsp3) is 0.243. The van der Waals surface area contributed by atoms with Gasteiger partial charge in [-0.25, -0.2) is 9.78 Å². The molecule has 10 heteroatoms. The van der Waals surface area contributed by atoms with Gasteiger partial charge in [0.2, 0.25) is 0 Å². The van der Waals surface area contributed by atoms with E-state index in [9.17, 15) is 9.59 Å². The van der Waals surface area contributed by atoms with Crippen LogP contribution < -0.4 is 19.8 Å². The molecular weight excluding hydrogens is 662 g/mol. The molecule has 0 spiro atoms. The second kappa shape index (κ2) is 14.6. The monoisotopic (exact) mass is 697 g/mol. The average Bonchev–Trinajstić information content (AvgIpc) is 3.05. The van der Waals surface area contributed by atoms with E-state index in [1.165, 1.54) is 16.8 Å². The number of hydrogen-bond acceptors (Lipinski definition) is 7. The number of carbonyl (C=O) groups is 1. The number of carboxylic acids is 1. The first kappa shape index (κ1) is 33.4. The fourth-order valence-corrected chi connectivity index (χ4v) is 5.56. The summed E-state index contributed by atoms with van der Waals surface area (Å²) in [5.74, 6) is 1.41. The predicted molar refractivity (Wildman–Crippen MR) is 187 cm³/mol. The van der Waals surface area contributed by atoms with Gasteiger partial charge in [0.25, 0.3) is 5.56 Å². The van der Waals surface area contributed by atoms with Crippen LogP contribution in [0, 0.1) is 6.92 Å². The van der Waals surface area contributed by atoms with Crippen molar-refractivity contribution in [2.24, 2.45) is 5.10 Å². The molecule has 0 saturated heterocycles. The zero-order valence-corrected chi connectivity index (χ0v) is 28.5. The minimum absolute atomic E-state index is 0.179. The van der Waals surface area contributed by atoms with Gasteiger partial charge < -0.3 is 19.3 Å². The summed E-state index contributed by atoms with van der Waals surface area (Å²) in [5, 5.41) is 14.3. The zero-order chi connectivity index (χ0) is 33.7. The number of carboxylic acid groups (broad SMARTS) is 1. The SMILES string of the molecule is CCOc1cc(C=Nn2c(-c3cc(C(C)C)c(OCC)cc3C)nc3ccccc3c2=O)c(Br)cc1OCc1ccc(C(=O)O)cc1. The average molecular weight is 699 g/mol. The molecule has 4 aromatic carbocycles. The molecule has 0 unspecified atom stereocenters. The van der Waals surface area contributed by atoms with Crippen LogP contribution in [0.3, 0.4) is 0 Å². The molecule has 0 radical (unpaired) electrons. The fourth-order valence-electron chi connectivity index (χ4n) is 5.13. The molecule has 1 N–H and O–H groups in total. The molecule has 47 heavy (non-hydrogen) atoms. The van der Waals surface area contributed by atoms with Gasteiger partial charge in [0.15, 0.2) is 17.3 Å². The van der Waals surface area contributed by atoms with Gasteiger partial charge in [0, 0.05) is 15.6 Å². The summed E-state index contributed by atoms with van der Waals surface area (Å²) >= 11 is 3.63. The molecule has 1 aromatic heterocycles. The van der Waals surface area contributed by atoms with Gasteiger partial charge in [-0.1, -0.05) is 38.1 Å². The van der Waals surface area contributed by atoms with Gasteiger partial charge in [-0.05, 0) is 108 Å². The van der Waals surface area contributed by atoms with Gasteiger partial charge in [0.05, 0.1) is 35.9 Å². The standard InChI is InChI=1S/C37H36BrN3O6/c1-6-45-32-16-23(5)29(18-28(32)22(3)4)35-40-31-11-9-8-10-27(31)36(42)41(35)39-20-26-17-33(46-7-2)34(19-30(26)38)47-21-24-12-14-25(15-13-24)37(43)44/h8-20,22H,6-7,21H2,1-5H3,(H,43,44). The van der Waals surface area contributed by atoms with Crippen molar-refractivity contribution in [3.63, 3.8) is 0 Å². The number of para-hydroxylation sites is 1. The molecule has 0 fully saturated rings. The number of rotatable bonds is 12. The van der Waals surface area contributed by atoms with E-state index in [0.717, 1.165) is 28.0 Å². The van der Waals surface area contributed by atoms with E-state index in [-0.39, 0.29) is 23.6 Å². The summed E-state index contributed by atoms with van der Waals surface area (Å²) in [6.45, 7) is 11.2. The molecule has 0 atom stereocenters. The van der Waals surface area contributed by atoms with Crippen molar-refractivity contribution in [1.82, 2.24) is 9.66 Å². The lowest BCUT2D eigenvalue weighted by molar-refractivity contribution is 0.0697. The normalized spacial score (nSPS) is 11.4. The van der Waals surface area contributed by atoms with Gasteiger partial charge in [-0.15, -0.1) is 0 Å². The van der Waals surface area contributed by atoms with Crippen LogP contribution in [0.2, 0.25) is 0 Å². The molecule has 242 valence electrons. The van der Waals surface area contributed by atoms with Crippen molar-refractivity contribution in [3.05, 3.63) is 115 Å². The van der Waals surface area contributed by atoms with Crippen LogP contribution in [0.15, 0.2) is 87.2 Å². The van der Waals surface area contributed by atoms with E-state index in [1.807, 2.05) is 51.1 Å². The minimum atomic E-state index is -0.985. The van der Waals surface area contributed by atoms with Crippen molar-refractivity contribution < 1.29 is 24.1 Å². The maximum Gasteiger partial charge on any atom is 0.335 e. The van der Waals surface area contributed by atoms with Crippen LogP contribution in [-0.4, -0.2) is 40.2 Å². The number of benzene rings is 4. The summed E-state index contributed by atoms with van der Waals surface area (Å²) < 4.78 is 19.9. The van der Waals surface area contributed by atoms with E-state index in [1.54, 1.807) is 36.5 Å². The highest BCUT2D eigenvalue weighted by Crippen LogP contribution is 2.36. The second-order valence-electron chi connectivity index (χ2n) is 11.2. The van der Waals surface area contributed by atoms with Crippen molar-refractivity contribution >= 4 is 39.0 Å². The van der Waals surface area contributed by atoms with E-state index >= 15 is 0 Å². The Morgan fingerprint density at radius 2 is 1.64 bits per heavy atom. The molecule has 5 aromatic rings. The van der Waals surface area contributed by atoms with Crippen LogP contribution in [-0.2, 0) is 6.61 Å². The van der Waals surface area contributed by atoms with Gasteiger partial charge >= 0.3 is 5.97 Å². The molecule has 0 aliphatic rings. The molecule has 5 rings (SSSR count). The number of nitrogens with zero attached hydrogens (tertiary/aromatic N) is 3. The van der Waals surface area contributed by atoms with E-state index in [0.29, 0.717) is 51.5 Å². The summed E-state index contributed by atoms with van der Waals surface area (Å²) in [4.78, 5) is 30.0. The third kappa shape index (κ3) is 7.38. The number of halogens is 1. The summed E-state index contributed by atoms with van der Waals surface area (Å²) in [7, 11) is 0. The maximum absolute atomic E-state index is 13.9. The highest BCUT2D eigenvalue weighted by molar-refractivity contribution is 9.10. The quantitative estimate of drug-likeness (QED) is 0.131. The molecule has 0 aliphatic carbocycles. The first-order chi connectivity index (χ1) is 22.6. The zero-order valence-electron chi connectivity index (χ0n) is 26.9. The summed E-state index contributed by atoms with van der Waals surface area (Å²) in [6.07, 6.45) is 1.59. The molecule has 9 nitrogen and oxygen atoms in total. The Bertz CT molecular complexity index is 2020. The molecule has 0 aliphatic heterocycles. The molecule has 0 amide bonds. The molecule has 0 bridgehead atoms. The molecule has 0 saturated carbocycles. The van der Waals surface area contributed by atoms with Crippen molar-refractivity contribution in [2.75, 3.05) is 13.2 Å². The topological polar surface area (TPSA) is 112 Å². The van der Waals surface area contributed by atoms with E-state index in [2.05, 4.69) is 29.8 Å². The smallest absolute Gasteiger partial charge is 0.335 e. The highest BCUT2D eigenvalue weighted by Gasteiger charge is 2.19. The Balaban J connectivity index is 1.56. The lowest BCUT2D eigenvalue weighted by Crippen LogP contribution is -2.21. The van der Waals surface area contributed by atoms with Crippen LogP contribution in [0.4, 0.5) is 0 Å². The number of aromatic carboxylic acids is 1. The van der Waals surface area contributed by atoms with Gasteiger partial charge in [0.1, 0.15) is 12.4 Å². The minimum Gasteiger partial charge on any atom is -0.494 e. The second-order valence-corrected chi connectivity index (χ2v) is 12.0. The Morgan fingerprint density at radius 1 is 0.957 bits per heavy atom. The van der Waals surface area contributed by atoms with Gasteiger partial charge in [-0.2, -0.15) is 9.78 Å². The Kier molecular flexibility index (Phi) is 10.4. The number of aryl methyl sites for hydroxylation is 1. The first-order valence-electron chi connectivity index (χ1n) is 15.4. The number of hydrogen-bond donors (Lipinski definition) is 1. The molecule has 1 heterocycles. The van der Waals surface area contributed by atoms with E-state index < -0.39 is 5.97 Å². The number of ether oxygens (including phenoxy) is 3.